The van der Waals surface area contributed by atoms with Gasteiger partial charge in [-0.1, -0.05) is 13.8 Å². The highest BCUT2D eigenvalue weighted by molar-refractivity contribution is 5.78. The maximum Gasteiger partial charge on any atom is 0.238 e. The summed E-state index contributed by atoms with van der Waals surface area (Å²) in [5.74, 6) is 0.746. The summed E-state index contributed by atoms with van der Waals surface area (Å²) in [4.78, 5) is 11.8. The van der Waals surface area contributed by atoms with E-state index in [4.69, 9.17) is 5.73 Å². The van der Waals surface area contributed by atoms with Gasteiger partial charge in [0.15, 0.2) is 0 Å². The Labute approximate surface area is 92.4 Å². The Bertz CT molecular complexity index is 228. The third-order valence-corrected chi connectivity index (χ3v) is 3.10. The number of hydrogen-bond acceptors (Lipinski definition) is 3. The molecule has 0 aromatic carbocycles. The lowest BCUT2D eigenvalue weighted by molar-refractivity contribution is -0.137. The second kappa shape index (κ2) is 4.94. The van der Waals surface area contributed by atoms with Gasteiger partial charge in [-0.3, -0.25) is 9.80 Å². The quantitative estimate of drug-likeness (QED) is 0.752. The fourth-order valence-corrected chi connectivity index (χ4v) is 2.05. The maximum absolute atomic E-state index is 11.8. The van der Waals surface area contributed by atoms with Gasteiger partial charge in [-0.05, 0) is 19.3 Å². The molecule has 15 heavy (non-hydrogen) atoms. The Kier molecular flexibility index (Phi) is 4.11. The van der Waals surface area contributed by atoms with Crippen LogP contribution in [0.2, 0.25) is 0 Å². The normalized spacial score (nSPS) is 25.3. The fourth-order valence-electron chi connectivity index (χ4n) is 2.05. The standard InChI is InChI=1S/C11H23N3O/c1-8(2)10-7-11(15)14(13(10)4)6-5-9(3)12/h8-10H,5-7,12H2,1-4H3. The van der Waals surface area contributed by atoms with E-state index >= 15 is 0 Å². The van der Waals surface area contributed by atoms with Crippen LogP contribution in [0.3, 0.4) is 0 Å². The second-order valence-corrected chi connectivity index (χ2v) is 4.87. The van der Waals surface area contributed by atoms with E-state index in [0.29, 0.717) is 18.4 Å². The van der Waals surface area contributed by atoms with Crippen molar-refractivity contribution in [3.63, 3.8) is 0 Å². The van der Waals surface area contributed by atoms with Crippen molar-refractivity contribution in [2.24, 2.45) is 11.7 Å². The molecule has 1 amide bonds. The lowest BCUT2D eigenvalue weighted by Crippen LogP contribution is -2.42. The Morgan fingerprint density at radius 3 is 2.47 bits per heavy atom. The van der Waals surface area contributed by atoms with Crippen LogP contribution in [0.5, 0.6) is 0 Å². The van der Waals surface area contributed by atoms with E-state index in [0.717, 1.165) is 13.0 Å². The third-order valence-electron chi connectivity index (χ3n) is 3.10. The summed E-state index contributed by atoms with van der Waals surface area (Å²) in [7, 11) is 2.00. The zero-order valence-electron chi connectivity index (χ0n) is 10.2. The van der Waals surface area contributed by atoms with E-state index in [1.54, 1.807) is 0 Å². The van der Waals surface area contributed by atoms with E-state index < -0.39 is 0 Å². The molecular formula is C11H23N3O. The predicted molar refractivity (Wildman–Crippen MR) is 61.0 cm³/mol. The van der Waals surface area contributed by atoms with Crippen molar-refractivity contribution in [3.05, 3.63) is 0 Å². The molecule has 0 saturated carbocycles. The number of rotatable bonds is 4. The summed E-state index contributed by atoms with van der Waals surface area (Å²) < 4.78 is 0. The number of carbonyl (C=O) groups excluding carboxylic acids is 1. The average Bonchev–Trinajstić information content (AvgIpc) is 2.39. The molecule has 0 aromatic heterocycles. The average molecular weight is 213 g/mol. The first-order chi connectivity index (χ1) is 6.93. The van der Waals surface area contributed by atoms with Crippen molar-refractivity contribution in [2.75, 3.05) is 13.6 Å². The van der Waals surface area contributed by atoms with E-state index in [1.165, 1.54) is 0 Å². The molecule has 1 saturated heterocycles. The fraction of sp³-hybridized carbons (Fsp3) is 0.909. The molecule has 0 spiro atoms. The first-order valence-electron chi connectivity index (χ1n) is 5.72. The molecule has 0 aromatic rings. The zero-order valence-corrected chi connectivity index (χ0v) is 10.2. The van der Waals surface area contributed by atoms with Crippen molar-refractivity contribution in [3.8, 4) is 0 Å². The van der Waals surface area contributed by atoms with E-state index in [2.05, 4.69) is 18.9 Å². The van der Waals surface area contributed by atoms with Crippen LogP contribution in [0, 0.1) is 5.92 Å². The van der Waals surface area contributed by atoms with E-state index in [9.17, 15) is 4.79 Å². The van der Waals surface area contributed by atoms with Gasteiger partial charge in [0.2, 0.25) is 5.91 Å². The van der Waals surface area contributed by atoms with Gasteiger partial charge < -0.3 is 5.73 Å². The van der Waals surface area contributed by atoms with Crippen molar-refractivity contribution in [1.82, 2.24) is 10.0 Å². The first kappa shape index (κ1) is 12.5. The summed E-state index contributed by atoms with van der Waals surface area (Å²) in [5.41, 5.74) is 5.70. The molecular weight excluding hydrogens is 190 g/mol. The molecule has 2 atom stereocenters. The monoisotopic (exact) mass is 213 g/mol. The van der Waals surface area contributed by atoms with Gasteiger partial charge in [0, 0.05) is 32.1 Å². The van der Waals surface area contributed by atoms with Crippen LogP contribution in [0.25, 0.3) is 0 Å². The van der Waals surface area contributed by atoms with Crippen LogP contribution < -0.4 is 5.73 Å². The van der Waals surface area contributed by atoms with Crippen LogP contribution in [0.1, 0.15) is 33.6 Å². The minimum Gasteiger partial charge on any atom is -0.328 e. The first-order valence-corrected chi connectivity index (χ1v) is 5.72. The lowest BCUT2D eigenvalue weighted by atomic mass is 10.0. The Morgan fingerprint density at radius 1 is 1.47 bits per heavy atom. The highest BCUT2D eigenvalue weighted by Crippen LogP contribution is 2.23. The van der Waals surface area contributed by atoms with Crippen molar-refractivity contribution in [2.45, 2.75) is 45.7 Å². The summed E-state index contributed by atoms with van der Waals surface area (Å²) in [5, 5.41) is 3.92. The van der Waals surface area contributed by atoms with Crippen LogP contribution >= 0.6 is 0 Å². The largest absolute Gasteiger partial charge is 0.328 e. The highest BCUT2D eigenvalue weighted by Gasteiger charge is 2.36. The summed E-state index contributed by atoms with van der Waals surface area (Å²) in [6.45, 7) is 7.03. The molecule has 2 unspecified atom stereocenters. The third kappa shape index (κ3) is 2.92. The maximum atomic E-state index is 11.8. The molecule has 1 rings (SSSR count). The van der Waals surface area contributed by atoms with Crippen molar-refractivity contribution in [1.29, 1.82) is 0 Å². The molecule has 4 heteroatoms. The van der Waals surface area contributed by atoms with Gasteiger partial charge in [-0.2, -0.15) is 0 Å². The number of nitrogens with two attached hydrogens (primary N) is 1. The number of carbonyl (C=O) groups is 1. The van der Waals surface area contributed by atoms with Gasteiger partial charge in [-0.15, -0.1) is 0 Å². The molecule has 1 heterocycles. The SMILES string of the molecule is CC(N)CCN1C(=O)CC(C(C)C)N1C. The second-order valence-electron chi connectivity index (χ2n) is 4.87. The molecule has 1 fully saturated rings. The predicted octanol–water partition coefficient (Wildman–Crippen LogP) is 0.827. The van der Waals surface area contributed by atoms with E-state index in [1.807, 2.05) is 19.0 Å². The van der Waals surface area contributed by atoms with Crippen molar-refractivity contribution < 1.29 is 4.79 Å². The highest BCUT2D eigenvalue weighted by atomic mass is 16.2. The van der Waals surface area contributed by atoms with Crippen LogP contribution in [0.15, 0.2) is 0 Å². The molecule has 1 aliphatic heterocycles. The topological polar surface area (TPSA) is 49.6 Å². The summed E-state index contributed by atoms with van der Waals surface area (Å²) >= 11 is 0. The van der Waals surface area contributed by atoms with Gasteiger partial charge in [-0.25, -0.2) is 5.01 Å². The van der Waals surface area contributed by atoms with Crippen LogP contribution in [0.4, 0.5) is 0 Å². The number of hydrazine groups is 1. The number of nitrogens with zero attached hydrogens (tertiary/aromatic N) is 2. The molecule has 0 aliphatic carbocycles. The molecule has 2 N–H and O–H groups in total. The van der Waals surface area contributed by atoms with Crippen LogP contribution in [-0.2, 0) is 4.79 Å². The Balaban J connectivity index is 2.55. The van der Waals surface area contributed by atoms with Gasteiger partial charge in [0.1, 0.15) is 0 Å². The van der Waals surface area contributed by atoms with E-state index in [-0.39, 0.29) is 11.9 Å². The molecule has 88 valence electrons. The van der Waals surface area contributed by atoms with Gasteiger partial charge in [0.05, 0.1) is 0 Å². The molecule has 1 aliphatic rings. The summed E-state index contributed by atoms with van der Waals surface area (Å²) in [6.07, 6.45) is 1.51. The molecule has 0 radical (unpaired) electrons. The number of hydrogen-bond donors (Lipinski definition) is 1. The molecule has 4 nitrogen and oxygen atoms in total. The Hall–Kier alpha value is -0.610. The number of amides is 1. The van der Waals surface area contributed by atoms with Gasteiger partial charge >= 0.3 is 0 Å². The minimum absolute atomic E-state index is 0.157. The van der Waals surface area contributed by atoms with Gasteiger partial charge in [0.25, 0.3) is 0 Å². The van der Waals surface area contributed by atoms with Crippen molar-refractivity contribution >= 4 is 5.91 Å². The Morgan fingerprint density at radius 2 is 2.07 bits per heavy atom. The lowest BCUT2D eigenvalue weighted by Gasteiger charge is -2.30. The van der Waals surface area contributed by atoms with Crippen LogP contribution in [-0.4, -0.2) is 41.6 Å². The minimum atomic E-state index is 0.157. The smallest absolute Gasteiger partial charge is 0.238 e. The summed E-state index contributed by atoms with van der Waals surface area (Å²) in [6, 6.07) is 0.509. The zero-order chi connectivity index (χ0) is 11.6. The molecule has 0 bridgehead atoms.